The number of halogens is 1. The first kappa shape index (κ1) is 13.4. The summed E-state index contributed by atoms with van der Waals surface area (Å²) in [6, 6.07) is 0. The van der Waals surface area contributed by atoms with Crippen LogP contribution < -0.4 is 4.90 Å². The minimum atomic E-state index is -0.390. The maximum atomic E-state index is 13.0. The summed E-state index contributed by atoms with van der Waals surface area (Å²) in [7, 11) is 4.24. The first-order valence-corrected chi connectivity index (χ1v) is 7.62. The minimum absolute atomic E-state index is 0.0247. The van der Waals surface area contributed by atoms with Crippen LogP contribution in [0.3, 0.4) is 0 Å². The van der Waals surface area contributed by atoms with E-state index >= 15 is 0 Å². The van der Waals surface area contributed by atoms with E-state index in [0.717, 1.165) is 32.5 Å². The van der Waals surface area contributed by atoms with Crippen molar-refractivity contribution in [2.75, 3.05) is 38.6 Å². The topological polar surface area (TPSA) is 41.5 Å². The van der Waals surface area contributed by atoms with Crippen molar-refractivity contribution in [3.05, 3.63) is 18.2 Å². The van der Waals surface area contributed by atoms with E-state index in [2.05, 4.69) is 33.9 Å². The van der Waals surface area contributed by atoms with E-state index in [9.17, 15) is 4.39 Å². The molecule has 0 unspecified atom stereocenters. The minimum Gasteiger partial charge on any atom is -0.369 e. The van der Waals surface area contributed by atoms with E-state index in [1.54, 1.807) is 0 Å². The smallest absolute Gasteiger partial charge is 0.225 e. The van der Waals surface area contributed by atoms with Crippen molar-refractivity contribution in [2.24, 2.45) is 11.8 Å². The highest BCUT2D eigenvalue weighted by atomic mass is 19.1. The number of hydrogen-bond donors (Lipinski definition) is 0. The molecule has 1 aromatic rings. The Morgan fingerprint density at radius 2 is 2.19 bits per heavy atom. The van der Waals surface area contributed by atoms with Gasteiger partial charge in [-0.1, -0.05) is 0 Å². The van der Waals surface area contributed by atoms with Crippen LogP contribution >= 0.6 is 0 Å². The summed E-state index contributed by atoms with van der Waals surface area (Å²) in [4.78, 5) is 12.7. The summed E-state index contributed by atoms with van der Waals surface area (Å²) in [6.45, 7) is 2.82. The lowest BCUT2D eigenvalue weighted by molar-refractivity contribution is 0.0136. The van der Waals surface area contributed by atoms with Crippen LogP contribution in [0, 0.1) is 17.7 Å². The molecule has 5 nitrogen and oxygen atoms in total. The van der Waals surface area contributed by atoms with Gasteiger partial charge in [0, 0.05) is 24.9 Å². The second-order valence-corrected chi connectivity index (χ2v) is 6.87. The number of aromatic nitrogens is 2. The van der Waals surface area contributed by atoms with Crippen LogP contribution in [0.1, 0.15) is 12.8 Å². The van der Waals surface area contributed by atoms with Crippen LogP contribution in [-0.4, -0.2) is 60.3 Å². The van der Waals surface area contributed by atoms with Gasteiger partial charge in [-0.25, -0.2) is 14.4 Å². The Bertz CT molecular complexity index is 537. The third-order valence-corrected chi connectivity index (χ3v) is 5.25. The second kappa shape index (κ2) is 4.61. The van der Waals surface area contributed by atoms with Gasteiger partial charge in [-0.15, -0.1) is 0 Å². The van der Waals surface area contributed by atoms with Crippen molar-refractivity contribution in [3.63, 3.8) is 0 Å². The van der Waals surface area contributed by atoms with Gasteiger partial charge < -0.3 is 14.5 Å². The van der Waals surface area contributed by atoms with Gasteiger partial charge in [0.15, 0.2) is 5.82 Å². The molecule has 0 aromatic carbocycles. The molecule has 3 aliphatic rings. The first-order valence-electron chi connectivity index (χ1n) is 7.62. The van der Waals surface area contributed by atoms with E-state index in [0.29, 0.717) is 23.9 Å². The molecule has 4 rings (SSSR count). The molecular formula is C15H21FN4O. The standard InChI is InChI=1S/C15H21FN4O/c1-19(2)7-11-12-8-20(14-17-5-10(16)6-18-14)9-15(12)4-3-13(11)21-15/h5-6,11-13H,3-4,7-9H2,1-2H3/t11-,12+,13+,15+/m0/s1. The quantitative estimate of drug-likeness (QED) is 0.836. The largest absolute Gasteiger partial charge is 0.369 e. The SMILES string of the molecule is CN(C)C[C@H]1[C@H]2CN(c3ncc(F)cn3)C[C@]23CC[C@H]1O3. The molecule has 0 aliphatic carbocycles. The van der Waals surface area contributed by atoms with E-state index in [-0.39, 0.29) is 11.4 Å². The molecule has 21 heavy (non-hydrogen) atoms. The van der Waals surface area contributed by atoms with Crippen molar-refractivity contribution < 1.29 is 9.13 Å². The number of nitrogens with zero attached hydrogens (tertiary/aromatic N) is 4. The van der Waals surface area contributed by atoms with Crippen molar-refractivity contribution in [3.8, 4) is 0 Å². The number of fused-ring (bicyclic) bond motifs is 1. The Morgan fingerprint density at radius 1 is 1.43 bits per heavy atom. The number of hydrogen-bond acceptors (Lipinski definition) is 5. The summed E-state index contributed by atoms with van der Waals surface area (Å²) in [5, 5.41) is 0. The van der Waals surface area contributed by atoms with Gasteiger partial charge >= 0.3 is 0 Å². The predicted octanol–water partition coefficient (Wildman–Crippen LogP) is 1.16. The molecule has 0 N–H and O–H groups in total. The third-order valence-electron chi connectivity index (χ3n) is 5.25. The Morgan fingerprint density at radius 3 is 2.90 bits per heavy atom. The average Bonchev–Trinajstić information content (AvgIpc) is 3.09. The normalized spacial score (nSPS) is 37.5. The number of rotatable bonds is 3. The Balaban J connectivity index is 1.57. The van der Waals surface area contributed by atoms with Gasteiger partial charge in [-0.3, -0.25) is 0 Å². The molecule has 0 amide bonds. The van der Waals surface area contributed by atoms with Crippen LogP contribution in [0.15, 0.2) is 12.4 Å². The molecular weight excluding hydrogens is 271 g/mol. The molecule has 0 saturated carbocycles. The highest BCUT2D eigenvalue weighted by Gasteiger charge is 2.63. The average molecular weight is 292 g/mol. The van der Waals surface area contributed by atoms with Gasteiger partial charge in [0.05, 0.1) is 30.6 Å². The van der Waals surface area contributed by atoms with E-state index in [4.69, 9.17) is 4.74 Å². The maximum absolute atomic E-state index is 13.0. The van der Waals surface area contributed by atoms with E-state index in [1.165, 1.54) is 12.4 Å². The molecule has 4 atom stereocenters. The molecule has 3 saturated heterocycles. The lowest BCUT2D eigenvalue weighted by Gasteiger charge is -2.30. The van der Waals surface area contributed by atoms with E-state index in [1.807, 2.05) is 0 Å². The molecule has 1 spiro atoms. The molecule has 6 heteroatoms. The zero-order valence-corrected chi connectivity index (χ0v) is 12.5. The summed E-state index contributed by atoms with van der Waals surface area (Å²) in [5.74, 6) is 1.35. The van der Waals surface area contributed by atoms with Crippen molar-refractivity contribution in [1.29, 1.82) is 0 Å². The second-order valence-electron chi connectivity index (χ2n) is 6.87. The van der Waals surface area contributed by atoms with E-state index < -0.39 is 0 Å². The van der Waals surface area contributed by atoms with Gasteiger partial charge in [0.25, 0.3) is 0 Å². The molecule has 114 valence electrons. The monoisotopic (exact) mass is 292 g/mol. The fraction of sp³-hybridized carbons (Fsp3) is 0.733. The lowest BCUT2D eigenvalue weighted by atomic mass is 9.73. The molecule has 3 fully saturated rings. The van der Waals surface area contributed by atoms with Crippen LogP contribution in [0.25, 0.3) is 0 Å². The van der Waals surface area contributed by atoms with Gasteiger partial charge in [0.1, 0.15) is 0 Å². The zero-order chi connectivity index (χ0) is 14.6. The Labute approximate surface area is 124 Å². The highest BCUT2D eigenvalue weighted by Crippen LogP contribution is 2.55. The first-order chi connectivity index (χ1) is 10.1. The van der Waals surface area contributed by atoms with Crippen LogP contribution in [0.2, 0.25) is 0 Å². The van der Waals surface area contributed by atoms with Gasteiger partial charge in [-0.2, -0.15) is 0 Å². The van der Waals surface area contributed by atoms with Crippen LogP contribution in [0.4, 0.5) is 10.3 Å². The summed E-state index contributed by atoms with van der Waals surface area (Å²) in [6.07, 6.45) is 5.18. The molecule has 2 bridgehead atoms. The van der Waals surface area contributed by atoms with Crippen molar-refractivity contribution in [2.45, 2.75) is 24.5 Å². The van der Waals surface area contributed by atoms with Crippen molar-refractivity contribution >= 4 is 5.95 Å². The zero-order valence-electron chi connectivity index (χ0n) is 12.5. The third kappa shape index (κ3) is 2.04. The molecule has 1 aromatic heterocycles. The number of anilines is 1. The summed E-state index contributed by atoms with van der Waals surface area (Å²) < 4.78 is 19.4. The van der Waals surface area contributed by atoms with Crippen LogP contribution in [-0.2, 0) is 4.74 Å². The lowest BCUT2D eigenvalue weighted by Crippen LogP contribution is -2.40. The van der Waals surface area contributed by atoms with Gasteiger partial charge in [-0.05, 0) is 26.9 Å². The molecule has 4 heterocycles. The maximum Gasteiger partial charge on any atom is 0.225 e. The molecule has 0 radical (unpaired) electrons. The highest BCUT2D eigenvalue weighted by molar-refractivity contribution is 5.36. The summed E-state index contributed by atoms with van der Waals surface area (Å²) >= 11 is 0. The fourth-order valence-electron chi connectivity index (χ4n) is 4.48. The van der Waals surface area contributed by atoms with Crippen molar-refractivity contribution in [1.82, 2.24) is 14.9 Å². The number of ether oxygens (including phenoxy) is 1. The van der Waals surface area contributed by atoms with Crippen LogP contribution in [0.5, 0.6) is 0 Å². The Kier molecular flexibility index (Phi) is 2.94. The fourth-order valence-corrected chi connectivity index (χ4v) is 4.48. The van der Waals surface area contributed by atoms with Gasteiger partial charge in [0.2, 0.25) is 5.95 Å². The summed E-state index contributed by atoms with van der Waals surface area (Å²) in [5.41, 5.74) is -0.0247. The molecule has 3 aliphatic heterocycles. The Hall–Kier alpha value is -1.27. The predicted molar refractivity (Wildman–Crippen MR) is 76.6 cm³/mol.